The summed E-state index contributed by atoms with van der Waals surface area (Å²) < 4.78 is 16.7. The third-order valence-electron chi connectivity index (χ3n) is 7.52. The van der Waals surface area contributed by atoms with E-state index in [2.05, 4.69) is 6.92 Å². The van der Waals surface area contributed by atoms with Crippen LogP contribution >= 0.6 is 0 Å². The van der Waals surface area contributed by atoms with Gasteiger partial charge < -0.3 is 14.2 Å². The van der Waals surface area contributed by atoms with Gasteiger partial charge in [0.1, 0.15) is 18.0 Å². The van der Waals surface area contributed by atoms with Crippen LogP contribution in [0.2, 0.25) is 0 Å². The van der Waals surface area contributed by atoms with Gasteiger partial charge in [-0.25, -0.2) is 0 Å². The first-order chi connectivity index (χ1) is 14.2. The van der Waals surface area contributed by atoms with E-state index in [4.69, 9.17) is 14.2 Å². The monoisotopic (exact) mass is 414 g/mol. The van der Waals surface area contributed by atoms with E-state index in [-0.39, 0.29) is 35.5 Å². The van der Waals surface area contributed by atoms with Crippen LogP contribution in [-0.2, 0) is 23.9 Å². The summed E-state index contributed by atoms with van der Waals surface area (Å²) >= 11 is 0. The Balaban J connectivity index is 1.69. The molecule has 0 spiro atoms. The Morgan fingerprint density at radius 1 is 0.933 bits per heavy atom. The van der Waals surface area contributed by atoms with Gasteiger partial charge in [-0.1, -0.05) is 13.0 Å². The molecule has 0 bridgehead atoms. The Bertz CT molecular complexity index is 876. The second kappa shape index (κ2) is 7.71. The van der Waals surface area contributed by atoms with Gasteiger partial charge in [-0.2, -0.15) is 0 Å². The van der Waals surface area contributed by atoms with Crippen LogP contribution in [0.1, 0.15) is 82.9 Å². The molecule has 0 unspecified atom stereocenters. The van der Waals surface area contributed by atoms with E-state index in [0.717, 1.165) is 37.7 Å². The molecule has 6 atom stereocenters. The number of hydrogen-bond donors (Lipinski definition) is 0. The minimum atomic E-state index is -0.372. The van der Waals surface area contributed by atoms with Crippen LogP contribution in [0.25, 0.3) is 0 Å². The van der Waals surface area contributed by atoms with Gasteiger partial charge in [-0.15, -0.1) is 0 Å². The van der Waals surface area contributed by atoms with Crippen LogP contribution in [0.5, 0.6) is 5.75 Å². The van der Waals surface area contributed by atoms with Crippen LogP contribution in [0.15, 0.2) is 18.2 Å². The molecule has 2 fully saturated rings. The highest BCUT2D eigenvalue weighted by atomic mass is 16.5. The summed E-state index contributed by atoms with van der Waals surface area (Å²) in [4.78, 5) is 34.9. The van der Waals surface area contributed by atoms with Crippen molar-refractivity contribution in [1.82, 2.24) is 0 Å². The van der Waals surface area contributed by atoms with E-state index in [1.54, 1.807) is 0 Å². The molecule has 0 aliphatic heterocycles. The zero-order chi connectivity index (χ0) is 21.6. The molecule has 6 heteroatoms. The highest BCUT2D eigenvalue weighted by Gasteiger charge is 2.57. The Morgan fingerprint density at radius 2 is 1.67 bits per heavy atom. The summed E-state index contributed by atoms with van der Waals surface area (Å²) in [6.45, 7) is 6.55. The molecular weight excluding hydrogens is 384 g/mol. The van der Waals surface area contributed by atoms with E-state index < -0.39 is 0 Å². The molecule has 0 heterocycles. The number of fused-ring (bicyclic) bond motifs is 5. The lowest BCUT2D eigenvalue weighted by molar-refractivity contribution is -0.157. The van der Waals surface area contributed by atoms with Gasteiger partial charge in [0.2, 0.25) is 0 Å². The molecule has 2 saturated carbocycles. The number of esters is 3. The molecule has 162 valence electrons. The molecule has 1 aromatic rings. The molecule has 0 radical (unpaired) electrons. The van der Waals surface area contributed by atoms with Crippen LogP contribution in [0.3, 0.4) is 0 Å². The quantitative estimate of drug-likeness (QED) is 0.537. The van der Waals surface area contributed by atoms with Crippen molar-refractivity contribution >= 4 is 17.9 Å². The number of benzene rings is 1. The number of hydrogen-bond acceptors (Lipinski definition) is 6. The standard InChI is InChI=1S/C24H30O6/c1-13(25)28-16-5-6-17-18-9-10-24(4)21(7-8-23(24)30-15(3)27)19(18)12-22(20(17)11-16)29-14(2)26/h5-6,11,18-19,21-23H,7-10,12H2,1-4H3/t18-,19-,21+,22-,23-,24+/m0/s1. The summed E-state index contributed by atoms with van der Waals surface area (Å²) in [6, 6.07) is 5.71. The van der Waals surface area contributed by atoms with E-state index in [1.807, 2.05) is 18.2 Å². The summed E-state index contributed by atoms with van der Waals surface area (Å²) in [5.41, 5.74) is 2.10. The lowest BCUT2D eigenvalue weighted by Gasteiger charge is -2.51. The van der Waals surface area contributed by atoms with Crippen LogP contribution in [-0.4, -0.2) is 24.0 Å². The first-order valence-corrected chi connectivity index (χ1v) is 10.9. The van der Waals surface area contributed by atoms with E-state index in [9.17, 15) is 14.4 Å². The van der Waals surface area contributed by atoms with Gasteiger partial charge in [-0.3, -0.25) is 14.4 Å². The van der Waals surface area contributed by atoms with Gasteiger partial charge in [0.25, 0.3) is 0 Å². The zero-order valence-corrected chi connectivity index (χ0v) is 18.1. The van der Waals surface area contributed by atoms with Crippen LogP contribution < -0.4 is 4.74 Å². The molecule has 4 rings (SSSR count). The van der Waals surface area contributed by atoms with Crippen molar-refractivity contribution in [3.63, 3.8) is 0 Å². The molecule has 6 nitrogen and oxygen atoms in total. The zero-order valence-electron chi connectivity index (χ0n) is 18.1. The molecular formula is C24H30O6. The van der Waals surface area contributed by atoms with Gasteiger partial charge in [0, 0.05) is 26.2 Å². The first kappa shape index (κ1) is 20.9. The van der Waals surface area contributed by atoms with Crippen molar-refractivity contribution < 1.29 is 28.6 Å². The molecule has 1 aromatic carbocycles. The lowest BCUT2D eigenvalue weighted by Crippen LogP contribution is -2.45. The van der Waals surface area contributed by atoms with E-state index in [0.29, 0.717) is 23.5 Å². The van der Waals surface area contributed by atoms with Gasteiger partial charge in [0.15, 0.2) is 0 Å². The molecule has 0 aromatic heterocycles. The van der Waals surface area contributed by atoms with Crippen molar-refractivity contribution in [1.29, 1.82) is 0 Å². The molecule has 3 aliphatic rings. The third-order valence-corrected chi connectivity index (χ3v) is 7.52. The molecule has 30 heavy (non-hydrogen) atoms. The van der Waals surface area contributed by atoms with E-state index in [1.165, 1.54) is 26.3 Å². The predicted molar refractivity (Wildman–Crippen MR) is 109 cm³/mol. The average Bonchev–Trinajstić information content (AvgIpc) is 2.97. The third kappa shape index (κ3) is 3.61. The minimum Gasteiger partial charge on any atom is -0.462 e. The number of carbonyl (C=O) groups excluding carboxylic acids is 3. The Morgan fingerprint density at radius 3 is 2.33 bits per heavy atom. The minimum absolute atomic E-state index is 0.0389. The smallest absolute Gasteiger partial charge is 0.308 e. The van der Waals surface area contributed by atoms with Crippen molar-refractivity contribution in [2.45, 2.75) is 77.9 Å². The van der Waals surface area contributed by atoms with Gasteiger partial charge in [-0.05, 0) is 73.1 Å². The Labute approximate surface area is 177 Å². The second-order valence-electron chi connectivity index (χ2n) is 9.31. The van der Waals surface area contributed by atoms with Crippen molar-refractivity contribution in [3.05, 3.63) is 29.3 Å². The summed E-state index contributed by atoms with van der Waals surface area (Å²) in [6.07, 6.45) is 4.25. The predicted octanol–water partition coefficient (Wildman–Crippen LogP) is 4.46. The fourth-order valence-electron chi connectivity index (χ4n) is 6.43. The molecule has 3 aliphatic carbocycles. The first-order valence-electron chi connectivity index (χ1n) is 10.9. The highest BCUT2D eigenvalue weighted by molar-refractivity contribution is 5.70. The van der Waals surface area contributed by atoms with Crippen molar-refractivity contribution in [3.8, 4) is 5.75 Å². The Hall–Kier alpha value is -2.37. The second-order valence-corrected chi connectivity index (χ2v) is 9.31. The molecule has 0 saturated heterocycles. The summed E-state index contributed by atoms with van der Waals surface area (Å²) in [5, 5.41) is 0. The van der Waals surface area contributed by atoms with Gasteiger partial charge in [0.05, 0.1) is 0 Å². The SMILES string of the molecule is CC(=O)Oc1ccc2c(c1)[C@@H](OC(C)=O)C[C@@H]1[C@H]3CC[C@H](OC(C)=O)[C@]3(C)CC[C@@H]21. The molecule has 0 N–H and O–H groups in total. The van der Waals surface area contributed by atoms with Gasteiger partial charge >= 0.3 is 17.9 Å². The number of carbonyl (C=O) groups is 3. The van der Waals surface area contributed by atoms with Crippen LogP contribution in [0, 0.1) is 17.3 Å². The number of ether oxygens (including phenoxy) is 3. The summed E-state index contributed by atoms with van der Waals surface area (Å²) in [7, 11) is 0. The Kier molecular flexibility index (Phi) is 5.37. The fourth-order valence-corrected chi connectivity index (χ4v) is 6.43. The van der Waals surface area contributed by atoms with Crippen LogP contribution in [0.4, 0.5) is 0 Å². The van der Waals surface area contributed by atoms with Crippen molar-refractivity contribution in [2.24, 2.45) is 17.3 Å². The van der Waals surface area contributed by atoms with Crippen molar-refractivity contribution in [2.75, 3.05) is 0 Å². The largest absolute Gasteiger partial charge is 0.462 e. The summed E-state index contributed by atoms with van der Waals surface area (Å²) in [5.74, 6) is 0.726. The average molecular weight is 414 g/mol. The fraction of sp³-hybridized carbons (Fsp3) is 0.625. The van der Waals surface area contributed by atoms with E-state index >= 15 is 0 Å². The number of rotatable bonds is 3. The molecule has 0 amide bonds. The topological polar surface area (TPSA) is 78.9 Å². The normalized spacial score (nSPS) is 34.2. The maximum atomic E-state index is 11.8. The maximum Gasteiger partial charge on any atom is 0.308 e. The highest BCUT2D eigenvalue weighted by Crippen LogP contribution is 2.63. The maximum absolute atomic E-state index is 11.8. The lowest BCUT2D eigenvalue weighted by atomic mass is 9.55.